The lowest BCUT2D eigenvalue weighted by atomic mass is 10.2. The van der Waals surface area contributed by atoms with Crippen molar-refractivity contribution in [1.29, 1.82) is 0 Å². The van der Waals surface area contributed by atoms with Gasteiger partial charge in [-0.2, -0.15) is 4.98 Å². The van der Waals surface area contributed by atoms with Gasteiger partial charge in [-0.25, -0.2) is 4.68 Å². The zero-order valence-corrected chi connectivity index (χ0v) is 7.91. The van der Waals surface area contributed by atoms with E-state index in [4.69, 9.17) is 16.7 Å². The van der Waals surface area contributed by atoms with Gasteiger partial charge in [-0.15, -0.1) is 5.10 Å². The van der Waals surface area contributed by atoms with Crippen LogP contribution in [0.4, 0.5) is 0 Å². The molecule has 0 aliphatic rings. The lowest BCUT2D eigenvalue weighted by Crippen LogP contribution is -2.06. The summed E-state index contributed by atoms with van der Waals surface area (Å²) in [5.41, 5.74) is 0. The molecular formula is C7H12ClN3O. The fraction of sp³-hybridized carbons (Fsp3) is 0.714. The summed E-state index contributed by atoms with van der Waals surface area (Å²) in [6.45, 7) is 4.07. The number of hydrogen-bond acceptors (Lipinski definition) is 3. The first kappa shape index (κ1) is 9.32. The molecule has 1 aromatic rings. The minimum atomic E-state index is -0.261. The molecule has 0 saturated heterocycles. The lowest BCUT2D eigenvalue weighted by Gasteiger charge is -2.09. The second-order valence-electron chi connectivity index (χ2n) is 2.76. The Morgan fingerprint density at radius 3 is 2.75 bits per heavy atom. The van der Waals surface area contributed by atoms with Gasteiger partial charge in [0.1, 0.15) is 0 Å². The van der Waals surface area contributed by atoms with E-state index >= 15 is 0 Å². The average Bonchev–Trinajstić information content (AvgIpc) is 2.30. The maximum absolute atomic E-state index is 8.92. The summed E-state index contributed by atoms with van der Waals surface area (Å²) in [6, 6.07) is -0.0705. The highest BCUT2D eigenvalue weighted by Gasteiger charge is 2.11. The number of halogens is 1. The molecule has 0 amide bonds. The Morgan fingerprint density at radius 1 is 1.67 bits per heavy atom. The zero-order chi connectivity index (χ0) is 9.14. The highest BCUT2D eigenvalue weighted by Crippen LogP contribution is 2.18. The second kappa shape index (κ2) is 3.76. The van der Waals surface area contributed by atoms with Crippen molar-refractivity contribution in [3.05, 3.63) is 5.28 Å². The van der Waals surface area contributed by atoms with Crippen molar-refractivity contribution < 1.29 is 5.11 Å². The monoisotopic (exact) mass is 189 g/mol. The molecule has 0 aromatic carbocycles. The molecule has 1 heterocycles. The molecule has 0 bridgehead atoms. The summed E-state index contributed by atoms with van der Waals surface area (Å²) >= 11 is 5.71. The Balaban J connectivity index is 2.79. The molecule has 1 unspecified atom stereocenters. The average molecular weight is 190 g/mol. The molecule has 0 fully saturated rings. The van der Waals surface area contributed by atoms with Crippen LogP contribution in [0.1, 0.15) is 32.7 Å². The predicted molar refractivity (Wildman–Crippen MR) is 46.3 cm³/mol. The maximum atomic E-state index is 8.92. The predicted octanol–water partition coefficient (Wildman–Crippen LogP) is 2.00. The number of nitrogens with zero attached hydrogens (tertiary/aromatic N) is 3. The van der Waals surface area contributed by atoms with Gasteiger partial charge in [0, 0.05) is 0 Å². The van der Waals surface area contributed by atoms with E-state index in [-0.39, 0.29) is 17.3 Å². The van der Waals surface area contributed by atoms with E-state index in [9.17, 15) is 0 Å². The molecule has 0 saturated carbocycles. The summed E-state index contributed by atoms with van der Waals surface area (Å²) in [7, 11) is 0. The Kier molecular flexibility index (Phi) is 2.92. The van der Waals surface area contributed by atoms with Crippen molar-refractivity contribution >= 4 is 11.6 Å². The van der Waals surface area contributed by atoms with E-state index in [1.165, 1.54) is 4.68 Å². The quantitative estimate of drug-likeness (QED) is 0.791. The van der Waals surface area contributed by atoms with Gasteiger partial charge in [0.15, 0.2) is 0 Å². The molecule has 1 N–H and O–H groups in total. The molecule has 68 valence electrons. The van der Waals surface area contributed by atoms with E-state index < -0.39 is 0 Å². The number of aromatic nitrogens is 3. The molecule has 1 rings (SSSR count). The van der Waals surface area contributed by atoms with E-state index in [1.54, 1.807) is 0 Å². The molecular weight excluding hydrogens is 178 g/mol. The van der Waals surface area contributed by atoms with Gasteiger partial charge in [0.2, 0.25) is 5.28 Å². The van der Waals surface area contributed by atoms with E-state index in [0.29, 0.717) is 0 Å². The zero-order valence-electron chi connectivity index (χ0n) is 7.16. The van der Waals surface area contributed by atoms with Gasteiger partial charge in [-0.1, -0.05) is 13.3 Å². The van der Waals surface area contributed by atoms with Gasteiger partial charge in [0.25, 0.3) is 0 Å². The molecule has 12 heavy (non-hydrogen) atoms. The Labute approximate surface area is 76.2 Å². The first-order valence-electron chi connectivity index (χ1n) is 3.96. The molecule has 4 nitrogen and oxygen atoms in total. The summed E-state index contributed by atoms with van der Waals surface area (Å²) in [5.74, 6) is 0. The van der Waals surface area contributed by atoms with Crippen molar-refractivity contribution in [3.63, 3.8) is 0 Å². The molecule has 0 aliphatic carbocycles. The van der Waals surface area contributed by atoms with Gasteiger partial charge < -0.3 is 5.11 Å². The van der Waals surface area contributed by atoms with Crippen LogP contribution >= 0.6 is 11.6 Å². The number of aromatic hydroxyl groups is 1. The largest absolute Gasteiger partial charge is 0.478 e. The number of hydrogen-bond donors (Lipinski definition) is 1. The minimum absolute atomic E-state index is 0.191. The van der Waals surface area contributed by atoms with Crippen LogP contribution in [-0.4, -0.2) is 19.9 Å². The van der Waals surface area contributed by atoms with Crippen LogP contribution in [0.5, 0.6) is 6.01 Å². The van der Waals surface area contributed by atoms with Crippen LogP contribution < -0.4 is 0 Å². The van der Waals surface area contributed by atoms with Crippen LogP contribution in [0.2, 0.25) is 5.28 Å². The maximum Gasteiger partial charge on any atom is 0.334 e. The third kappa shape index (κ3) is 1.88. The third-order valence-corrected chi connectivity index (χ3v) is 1.96. The van der Waals surface area contributed by atoms with Gasteiger partial charge >= 0.3 is 6.01 Å². The number of rotatable bonds is 3. The van der Waals surface area contributed by atoms with Gasteiger partial charge in [0.05, 0.1) is 6.04 Å². The lowest BCUT2D eigenvalue weighted by molar-refractivity contribution is 0.400. The minimum Gasteiger partial charge on any atom is -0.478 e. The fourth-order valence-electron chi connectivity index (χ4n) is 1.11. The van der Waals surface area contributed by atoms with Crippen molar-refractivity contribution in [2.45, 2.75) is 32.7 Å². The van der Waals surface area contributed by atoms with Crippen molar-refractivity contribution in [2.24, 2.45) is 0 Å². The topological polar surface area (TPSA) is 50.9 Å². The Bertz CT molecular complexity index is 261. The molecule has 0 radical (unpaired) electrons. The SMILES string of the molecule is CCCC(C)n1nc(O)nc1Cl. The van der Waals surface area contributed by atoms with E-state index in [2.05, 4.69) is 17.0 Å². The van der Waals surface area contributed by atoms with Crippen LogP contribution in [0, 0.1) is 0 Å². The van der Waals surface area contributed by atoms with E-state index in [0.717, 1.165) is 12.8 Å². The standard InChI is InChI=1S/C7H12ClN3O/c1-3-4-5(2)11-6(8)9-7(12)10-11/h5H,3-4H2,1-2H3,(H,10,12). The Morgan fingerprint density at radius 2 is 2.33 bits per heavy atom. The van der Waals surface area contributed by atoms with Crippen molar-refractivity contribution in [3.8, 4) is 6.01 Å². The molecule has 0 spiro atoms. The molecule has 5 heteroatoms. The smallest absolute Gasteiger partial charge is 0.334 e. The summed E-state index contributed by atoms with van der Waals surface area (Å²) in [6.07, 6.45) is 2.03. The highest BCUT2D eigenvalue weighted by atomic mass is 35.5. The van der Waals surface area contributed by atoms with Crippen molar-refractivity contribution in [2.75, 3.05) is 0 Å². The fourth-order valence-corrected chi connectivity index (χ4v) is 1.39. The first-order valence-corrected chi connectivity index (χ1v) is 4.34. The normalized spacial score (nSPS) is 13.2. The van der Waals surface area contributed by atoms with E-state index in [1.807, 2.05) is 6.92 Å². The third-order valence-electron chi connectivity index (χ3n) is 1.70. The van der Waals surface area contributed by atoms with Crippen LogP contribution in [-0.2, 0) is 0 Å². The highest BCUT2D eigenvalue weighted by molar-refractivity contribution is 6.28. The Hall–Kier alpha value is -0.770. The van der Waals surface area contributed by atoms with Gasteiger partial charge in [-0.05, 0) is 24.9 Å². The van der Waals surface area contributed by atoms with Crippen LogP contribution in [0.25, 0.3) is 0 Å². The van der Waals surface area contributed by atoms with Crippen molar-refractivity contribution in [1.82, 2.24) is 14.8 Å². The van der Waals surface area contributed by atoms with Gasteiger partial charge in [-0.3, -0.25) is 0 Å². The first-order chi connectivity index (χ1) is 5.65. The summed E-state index contributed by atoms with van der Waals surface area (Å²) in [4.78, 5) is 3.59. The summed E-state index contributed by atoms with van der Waals surface area (Å²) in [5, 5.41) is 12.9. The molecule has 1 aromatic heterocycles. The second-order valence-corrected chi connectivity index (χ2v) is 3.10. The van der Waals surface area contributed by atoms with Crippen LogP contribution in [0.3, 0.4) is 0 Å². The summed E-state index contributed by atoms with van der Waals surface area (Å²) < 4.78 is 1.53. The molecule has 0 aliphatic heterocycles. The molecule has 1 atom stereocenters. The van der Waals surface area contributed by atoms with Crippen LogP contribution in [0.15, 0.2) is 0 Å².